The van der Waals surface area contributed by atoms with Crippen LogP contribution in [-0.4, -0.2) is 19.5 Å². The first-order valence-corrected chi connectivity index (χ1v) is 7.48. The topological polar surface area (TPSA) is 36.9 Å². The molecule has 0 aliphatic carbocycles. The van der Waals surface area contributed by atoms with Crippen LogP contribution in [0.3, 0.4) is 0 Å². The Morgan fingerprint density at radius 1 is 1.15 bits per heavy atom. The molecule has 0 bridgehead atoms. The molecule has 2 aliphatic rings. The van der Waals surface area contributed by atoms with Crippen LogP contribution in [-0.2, 0) is 9.47 Å². The molecule has 0 spiro atoms. The minimum absolute atomic E-state index is 0.286. The second-order valence-corrected chi connectivity index (χ2v) is 5.41. The summed E-state index contributed by atoms with van der Waals surface area (Å²) >= 11 is 0. The van der Waals surface area contributed by atoms with E-state index < -0.39 is 0 Å². The van der Waals surface area contributed by atoms with Gasteiger partial charge in [0.05, 0.1) is 12.7 Å². The zero-order valence-corrected chi connectivity index (χ0v) is 12.1. The normalized spacial score (nSPS) is 28.6. The smallest absolute Gasteiger partial charge is 0.231 e. The van der Waals surface area contributed by atoms with Crippen molar-refractivity contribution in [3.8, 4) is 11.5 Å². The highest BCUT2D eigenvalue weighted by Crippen LogP contribution is 2.38. The third-order valence-corrected chi connectivity index (χ3v) is 4.05. The third-order valence-electron chi connectivity index (χ3n) is 4.05. The molecule has 1 saturated heterocycles. The lowest BCUT2D eigenvalue weighted by molar-refractivity contribution is -0.243. The van der Waals surface area contributed by atoms with Crippen LogP contribution in [0.25, 0.3) is 0 Å². The van der Waals surface area contributed by atoms with Crippen LogP contribution in [0.5, 0.6) is 11.5 Å². The van der Waals surface area contributed by atoms with E-state index in [0.717, 1.165) is 42.9 Å². The predicted octanol–water partition coefficient (Wildman–Crippen LogP) is 3.66. The molecule has 2 aliphatic heterocycles. The SMILES string of the molecule is CCC[C@@H]1O[C@@H](c2ccc3c(c2)OCO3)OC[C@@H]1CC. The Hall–Kier alpha value is -1.26. The zero-order chi connectivity index (χ0) is 13.9. The number of hydrogen-bond acceptors (Lipinski definition) is 4. The Morgan fingerprint density at radius 3 is 2.80 bits per heavy atom. The lowest BCUT2D eigenvalue weighted by atomic mass is 9.95. The fourth-order valence-corrected chi connectivity index (χ4v) is 2.83. The predicted molar refractivity (Wildman–Crippen MR) is 74.8 cm³/mol. The average Bonchev–Trinajstić information content (AvgIpc) is 2.95. The molecular formula is C16H22O4. The molecule has 1 aromatic rings. The molecule has 3 atom stereocenters. The molecular weight excluding hydrogens is 256 g/mol. The summed E-state index contributed by atoms with van der Waals surface area (Å²) in [6.07, 6.45) is 3.31. The van der Waals surface area contributed by atoms with Gasteiger partial charge in [0.1, 0.15) is 0 Å². The monoisotopic (exact) mass is 278 g/mol. The summed E-state index contributed by atoms with van der Waals surface area (Å²) in [5.74, 6) is 2.07. The summed E-state index contributed by atoms with van der Waals surface area (Å²) in [4.78, 5) is 0. The number of ether oxygens (including phenoxy) is 4. The van der Waals surface area contributed by atoms with Gasteiger partial charge in [-0.25, -0.2) is 0 Å². The molecule has 1 fully saturated rings. The largest absolute Gasteiger partial charge is 0.454 e. The number of rotatable bonds is 4. The molecule has 4 heteroatoms. The Labute approximate surface area is 120 Å². The standard InChI is InChI=1S/C16H22O4/c1-3-5-13-11(4-2)9-17-16(20-13)12-6-7-14-15(8-12)19-10-18-14/h6-8,11,13,16H,3-5,9-10H2,1-2H3/t11-,13-,16-/m0/s1. The van der Waals surface area contributed by atoms with E-state index >= 15 is 0 Å². The fourth-order valence-electron chi connectivity index (χ4n) is 2.83. The van der Waals surface area contributed by atoms with Gasteiger partial charge in [0.15, 0.2) is 17.8 Å². The molecule has 0 saturated carbocycles. The van der Waals surface area contributed by atoms with Crippen LogP contribution >= 0.6 is 0 Å². The highest BCUT2D eigenvalue weighted by molar-refractivity contribution is 5.44. The van der Waals surface area contributed by atoms with Crippen LogP contribution in [0.2, 0.25) is 0 Å². The molecule has 4 nitrogen and oxygen atoms in total. The molecule has 20 heavy (non-hydrogen) atoms. The van der Waals surface area contributed by atoms with E-state index in [-0.39, 0.29) is 12.4 Å². The maximum atomic E-state index is 6.16. The van der Waals surface area contributed by atoms with E-state index in [1.807, 2.05) is 18.2 Å². The minimum atomic E-state index is -0.288. The van der Waals surface area contributed by atoms with E-state index in [1.54, 1.807) is 0 Å². The molecule has 0 radical (unpaired) electrons. The summed E-state index contributed by atoms with van der Waals surface area (Å²) in [5.41, 5.74) is 1.00. The summed E-state index contributed by atoms with van der Waals surface area (Å²) < 4.78 is 22.8. The first-order valence-electron chi connectivity index (χ1n) is 7.48. The molecule has 0 N–H and O–H groups in total. The lowest BCUT2D eigenvalue weighted by Crippen LogP contribution is -2.35. The van der Waals surface area contributed by atoms with E-state index in [0.29, 0.717) is 12.7 Å². The van der Waals surface area contributed by atoms with Gasteiger partial charge in [-0.05, 0) is 31.0 Å². The van der Waals surface area contributed by atoms with Gasteiger partial charge >= 0.3 is 0 Å². The summed E-state index contributed by atoms with van der Waals surface area (Å²) in [7, 11) is 0. The van der Waals surface area contributed by atoms with Crippen molar-refractivity contribution in [2.24, 2.45) is 5.92 Å². The van der Waals surface area contributed by atoms with Gasteiger partial charge in [0.2, 0.25) is 6.79 Å². The maximum absolute atomic E-state index is 6.16. The van der Waals surface area contributed by atoms with Crippen molar-refractivity contribution in [2.75, 3.05) is 13.4 Å². The van der Waals surface area contributed by atoms with Crippen LogP contribution in [0.15, 0.2) is 18.2 Å². The van der Waals surface area contributed by atoms with Crippen LogP contribution in [0.1, 0.15) is 45.0 Å². The van der Waals surface area contributed by atoms with Crippen molar-refractivity contribution < 1.29 is 18.9 Å². The second-order valence-electron chi connectivity index (χ2n) is 5.41. The summed E-state index contributed by atoms with van der Waals surface area (Å²) in [6, 6.07) is 5.88. The van der Waals surface area contributed by atoms with Gasteiger partial charge in [0, 0.05) is 11.5 Å². The van der Waals surface area contributed by atoms with Gasteiger partial charge in [0.25, 0.3) is 0 Å². The van der Waals surface area contributed by atoms with Gasteiger partial charge in [-0.3, -0.25) is 0 Å². The highest BCUT2D eigenvalue weighted by atomic mass is 16.7. The maximum Gasteiger partial charge on any atom is 0.231 e. The molecule has 0 amide bonds. The van der Waals surface area contributed by atoms with Crippen molar-refractivity contribution in [1.82, 2.24) is 0 Å². The van der Waals surface area contributed by atoms with Gasteiger partial charge in [-0.2, -0.15) is 0 Å². The molecule has 0 aromatic heterocycles. The Kier molecular flexibility index (Phi) is 4.13. The fraction of sp³-hybridized carbons (Fsp3) is 0.625. The first-order chi connectivity index (χ1) is 9.81. The average molecular weight is 278 g/mol. The summed E-state index contributed by atoms with van der Waals surface area (Å²) in [5, 5.41) is 0. The first kappa shape index (κ1) is 13.7. The lowest BCUT2D eigenvalue weighted by Gasteiger charge is -2.36. The van der Waals surface area contributed by atoms with Crippen molar-refractivity contribution in [3.05, 3.63) is 23.8 Å². The van der Waals surface area contributed by atoms with E-state index in [9.17, 15) is 0 Å². The van der Waals surface area contributed by atoms with Crippen LogP contribution in [0.4, 0.5) is 0 Å². The van der Waals surface area contributed by atoms with Crippen molar-refractivity contribution >= 4 is 0 Å². The molecule has 110 valence electrons. The van der Waals surface area contributed by atoms with Crippen LogP contribution in [0, 0.1) is 5.92 Å². The van der Waals surface area contributed by atoms with Crippen molar-refractivity contribution in [2.45, 2.75) is 45.5 Å². The van der Waals surface area contributed by atoms with E-state index in [1.165, 1.54) is 0 Å². The molecule has 2 heterocycles. The quantitative estimate of drug-likeness (QED) is 0.842. The highest BCUT2D eigenvalue weighted by Gasteiger charge is 2.31. The van der Waals surface area contributed by atoms with Crippen molar-refractivity contribution in [3.63, 3.8) is 0 Å². The van der Waals surface area contributed by atoms with Gasteiger partial charge < -0.3 is 18.9 Å². The van der Waals surface area contributed by atoms with Crippen molar-refractivity contribution in [1.29, 1.82) is 0 Å². The molecule has 1 aromatic carbocycles. The zero-order valence-electron chi connectivity index (χ0n) is 12.1. The van der Waals surface area contributed by atoms with E-state index in [4.69, 9.17) is 18.9 Å². The number of benzene rings is 1. The number of fused-ring (bicyclic) bond motifs is 1. The minimum Gasteiger partial charge on any atom is -0.454 e. The summed E-state index contributed by atoms with van der Waals surface area (Å²) in [6.45, 7) is 5.45. The van der Waals surface area contributed by atoms with Gasteiger partial charge in [-0.15, -0.1) is 0 Å². The number of hydrogen-bond donors (Lipinski definition) is 0. The van der Waals surface area contributed by atoms with E-state index in [2.05, 4.69) is 13.8 Å². The van der Waals surface area contributed by atoms with Crippen LogP contribution < -0.4 is 9.47 Å². The third kappa shape index (κ3) is 2.63. The Morgan fingerprint density at radius 2 is 2.00 bits per heavy atom. The van der Waals surface area contributed by atoms with Gasteiger partial charge in [-0.1, -0.05) is 20.3 Å². The molecule has 0 unspecified atom stereocenters. The second kappa shape index (κ2) is 6.02. The molecule has 3 rings (SSSR count). The Balaban J connectivity index is 1.74. The Bertz CT molecular complexity index is 460.